The lowest BCUT2D eigenvalue weighted by Crippen LogP contribution is -2.37. The maximum atomic E-state index is 12.4. The van der Waals surface area contributed by atoms with Gasteiger partial charge in [-0.15, -0.1) is 0 Å². The van der Waals surface area contributed by atoms with Crippen molar-refractivity contribution in [3.63, 3.8) is 0 Å². The van der Waals surface area contributed by atoms with Crippen molar-refractivity contribution in [2.45, 2.75) is 51.2 Å². The van der Waals surface area contributed by atoms with Crippen LogP contribution in [0.2, 0.25) is 0 Å². The van der Waals surface area contributed by atoms with Gasteiger partial charge in [0.25, 0.3) is 0 Å². The summed E-state index contributed by atoms with van der Waals surface area (Å²) in [5, 5.41) is 6.53. The van der Waals surface area contributed by atoms with Crippen molar-refractivity contribution in [2.75, 3.05) is 39.3 Å². The van der Waals surface area contributed by atoms with Crippen molar-refractivity contribution in [1.82, 2.24) is 15.5 Å². The lowest BCUT2D eigenvalue weighted by molar-refractivity contribution is -0.123. The Hall–Kier alpha value is -1.43. The summed E-state index contributed by atoms with van der Waals surface area (Å²) in [6, 6.07) is 10.7. The first-order valence-electron chi connectivity index (χ1n) is 11.1. The second-order valence-corrected chi connectivity index (χ2v) is 8.85. The molecule has 28 heavy (non-hydrogen) atoms. The third-order valence-electron chi connectivity index (χ3n) is 6.86. The average molecular weight is 386 g/mol. The van der Waals surface area contributed by atoms with E-state index in [4.69, 9.17) is 4.74 Å². The molecule has 2 saturated heterocycles. The first-order chi connectivity index (χ1) is 13.8. The number of hydrogen-bond donors (Lipinski definition) is 2. The van der Waals surface area contributed by atoms with Gasteiger partial charge in [0.05, 0.1) is 6.10 Å². The first-order valence-corrected chi connectivity index (χ1v) is 11.1. The third kappa shape index (κ3) is 5.13. The largest absolute Gasteiger partial charge is 0.378 e. The predicted octanol–water partition coefficient (Wildman–Crippen LogP) is 2.56. The molecule has 3 fully saturated rings. The van der Waals surface area contributed by atoms with E-state index in [2.05, 4.69) is 45.9 Å². The molecule has 5 nitrogen and oxygen atoms in total. The molecule has 154 valence electrons. The van der Waals surface area contributed by atoms with Crippen LogP contribution in [-0.4, -0.2) is 56.2 Å². The molecule has 2 N–H and O–H groups in total. The Labute approximate surface area is 169 Å². The highest BCUT2D eigenvalue weighted by atomic mass is 16.5. The Morgan fingerprint density at radius 1 is 1.18 bits per heavy atom. The van der Waals surface area contributed by atoms with E-state index in [1.54, 1.807) is 0 Å². The van der Waals surface area contributed by atoms with Crippen LogP contribution in [0.4, 0.5) is 0 Å². The molecule has 1 saturated carbocycles. The van der Waals surface area contributed by atoms with Crippen LogP contribution in [0.25, 0.3) is 0 Å². The molecule has 1 atom stereocenters. The van der Waals surface area contributed by atoms with Crippen molar-refractivity contribution in [1.29, 1.82) is 0 Å². The summed E-state index contributed by atoms with van der Waals surface area (Å²) in [7, 11) is 0. The van der Waals surface area contributed by atoms with Gasteiger partial charge in [-0.05, 0) is 62.6 Å². The summed E-state index contributed by atoms with van der Waals surface area (Å²) in [6.45, 7) is 6.89. The number of hydrogen-bond acceptors (Lipinski definition) is 4. The summed E-state index contributed by atoms with van der Waals surface area (Å²) in [4.78, 5) is 14.9. The maximum Gasteiger partial charge on any atom is 0.223 e. The van der Waals surface area contributed by atoms with Crippen molar-refractivity contribution in [3.05, 3.63) is 35.9 Å². The lowest BCUT2D eigenvalue weighted by atomic mass is 9.92. The number of ether oxygens (including phenoxy) is 1. The molecule has 1 aromatic carbocycles. The fourth-order valence-electron chi connectivity index (χ4n) is 4.93. The Kier molecular flexibility index (Phi) is 6.65. The van der Waals surface area contributed by atoms with E-state index in [1.165, 1.54) is 5.56 Å². The summed E-state index contributed by atoms with van der Waals surface area (Å²) >= 11 is 0. The SMILES string of the molecule is O=C(NCCCOC1CCN(Cc2ccccc2)CC1)C1CC12CCNCC2. The maximum absolute atomic E-state index is 12.4. The summed E-state index contributed by atoms with van der Waals surface area (Å²) in [5.74, 6) is 0.542. The predicted molar refractivity (Wildman–Crippen MR) is 111 cm³/mol. The topological polar surface area (TPSA) is 53.6 Å². The molecule has 1 amide bonds. The number of nitrogens with zero attached hydrogens (tertiary/aromatic N) is 1. The first kappa shape index (κ1) is 19.9. The number of benzene rings is 1. The van der Waals surface area contributed by atoms with E-state index < -0.39 is 0 Å². The molecular formula is C23H35N3O2. The van der Waals surface area contributed by atoms with Gasteiger partial charge < -0.3 is 15.4 Å². The number of amides is 1. The van der Waals surface area contributed by atoms with Gasteiger partial charge >= 0.3 is 0 Å². The van der Waals surface area contributed by atoms with Crippen LogP contribution < -0.4 is 10.6 Å². The molecule has 0 aromatic heterocycles. The van der Waals surface area contributed by atoms with Gasteiger partial charge in [0.2, 0.25) is 5.91 Å². The molecule has 2 aliphatic heterocycles. The van der Waals surface area contributed by atoms with E-state index in [9.17, 15) is 4.79 Å². The number of carbonyl (C=O) groups is 1. The molecule has 4 rings (SSSR count). The minimum atomic E-state index is 0.268. The third-order valence-corrected chi connectivity index (χ3v) is 6.86. The number of likely N-dealkylation sites (tertiary alicyclic amines) is 1. The zero-order valence-corrected chi connectivity index (χ0v) is 17.0. The molecule has 1 aliphatic carbocycles. The zero-order chi connectivity index (χ0) is 19.2. The fourth-order valence-corrected chi connectivity index (χ4v) is 4.93. The number of carbonyl (C=O) groups excluding carboxylic acids is 1. The van der Waals surface area contributed by atoms with E-state index >= 15 is 0 Å². The second kappa shape index (κ2) is 9.38. The summed E-state index contributed by atoms with van der Waals surface area (Å²) in [6.07, 6.45) is 6.93. The van der Waals surface area contributed by atoms with Crippen LogP contribution in [0.5, 0.6) is 0 Å². The molecule has 5 heteroatoms. The number of nitrogens with one attached hydrogen (secondary N) is 2. The summed E-state index contributed by atoms with van der Waals surface area (Å²) in [5.41, 5.74) is 1.72. The van der Waals surface area contributed by atoms with E-state index in [0.29, 0.717) is 11.5 Å². The van der Waals surface area contributed by atoms with Crippen molar-refractivity contribution in [2.24, 2.45) is 11.3 Å². The molecule has 0 radical (unpaired) electrons. The van der Waals surface area contributed by atoms with Crippen LogP contribution in [0, 0.1) is 11.3 Å². The van der Waals surface area contributed by atoms with Gasteiger partial charge in [0, 0.05) is 38.7 Å². The van der Waals surface area contributed by atoms with Crippen LogP contribution in [0.3, 0.4) is 0 Å². The van der Waals surface area contributed by atoms with Gasteiger partial charge in [-0.1, -0.05) is 30.3 Å². The lowest BCUT2D eigenvalue weighted by Gasteiger charge is -2.32. The number of rotatable bonds is 8. The monoisotopic (exact) mass is 385 g/mol. The van der Waals surface area contributed by atoms with E-state index in [-0.39, 0.29) is 11.8 Å². The molecule has 0 bridgehead atoms. The van der Waals surface area contributed by atoms with E-state index in [0.717, 1.165) is 84.4 Å². The average Bonchev–Trinajstić information content (AvgIpc) is 3.43. The van der Waals surface area contributed by atoms with E-state index in [1.807, 2.05) is 0 Å². The molecule has 2 heterocycles. The van der Waals surface area contributed by atoms with Crippen LogP contribution in [0.15, 0.2) is 30.3 Å². The molecule has 3 aliphatic rings. The van der Waals surface area contributed by atoms with Gasteiger partial charge in [-0.3, -0.25) is 9.69 Å². The Balaban J connectivity index is 1.05. The molecule has 1 unspecified atom stereocenters. The molecular weight excluding hydrogens is 350 g/mol. The minimum Gasteiger partial charge on any atom is -0.378 e. The normalized spacial score (nSPS) is 24.9. The Morgan fingerprint density at radius 3 is 2.68 bits per heavy atom. The van der Waals surface area contributed by atoms with Gasteiger partial charge in [-0.25, -0.2) is 0 Å². The molecule has 1 aromatic rings. The highest BCUT2D eigenvalue weighted by molar-refractivity contribution is 5.82. The second-order valence-electron chi connectivity index (χ2n) is 8.85. The van der Waals surface area contributed by atoms with Crippen LogP contribution in [0.1, 0.15) is 44.1 Å². The van der Waals surface area contributed by atoms with Crippen LogP contribution in [-0.2, 0) is 16.1 Å². The quantitative estimate of drug-likeness (QED) is 0.676. The highest BCUT2D eigenvalue weighted by Gasteiger charge is 2.57. The fraction of sp³-hybridized carbons (Fsp3) is 0.696. The van der Waals surface area contributed by atoms with Gasteiger partial charge in [0.1, 0.15) is 0 Å². The Bertz CT molecular complexity index is 622. The number of piperidine rings is 2. The highest BCUT2D eigenvalue weighted by Crippen LogP contribution is 2.58. The van der Waals surface area contributed by atoms with Crippen molar-refractivity contribution >= 4 is 5.91 Å². The van der Waals surface area contributed by atoms with Gasteiger partial charge in [0.15, 0.2) is 0 Å². The minimum absolute atomic E-state index is 0.268. The van der Waals surface area contributed by atoms with Gasteiger partial charge in [-0.2, -0.15) is 0 Å². The standard InChI is InChI=1S/C23H35N3O2/c27-22(21-17-23(21)9-12-24-13-10-23)25-11-4-16-28-20-7-14-26(15-8-20)18-19-5-2-1-3-6-19/h1-3,5-6,20-21,24H,4,7-18H2,(H,25,27). The zero-order valence-electron chi connectivity index (χ0n) is 17.0. The van der Waals surface area contributed by atoms with Crippen molar-refractivity contribution < 1.29 is 9.53 Å². The smallest absolute Gasteiger partial charge is 0.223 e. The Morgan fingerprint density at radius 2 is 1.93 bits per heavy atom. The molecule has 1 spiro atoms. The van der Waals surface area contributed by atoms with Crippen LogP contribution >= 0.6 is 0 Å². The summed E-state index contributed by atoms with van der Waals surface area (Å²) < 4.78 is 6.06. The van der Waals surface area contributed by atoms with Crippen molar-refractivity contribution in [3.8, 4) is 0 Å².